The summed E-state index contributed by atoms with van der Waals surface area (Å²) in [6.45, 7) is 3.09. The van der Waals surface area contributed by atoms with Crippen LogP contribution in [0.3, 0.4) is 0 Å². The molecule has 2 aliphatic rings. The lowest BCUT2D eigenvalue weighted by Gasteiger charge is -2.38. The number of nitrogens with one attached hydrogen (secondary N) is 1. The van der Waals surface area contributed by atoms with Crippen molar-refractivity contribution >= 4 is 5.91 Å². The summed E-state index contributed by atoms with van der Waals surface area (Å²) in [5, 5.41) is 6.70. The van der Waals surface area contributed by atoms with Gasteiger partial charge in [0.15, 0.2) is 5.69 Å². The van der Waals surface area contributed by atoms with Crippen molar-refractivity contribution in [1.29, 1.82) is 0 Å². The van der Waals surface area contributed by atoms with Crippen LogP contribution >= 0.6 is 0 Å². The summed E-state index contributed by atoms with van der Waals surface area (Å²) < 4.78 is 16.3. The highest BCUT2D eigenvalue weighted by atomic mass is 16.6. The van der Waals surface area contributed by atoms with Gasteiger partial charge in [-0.3, -0.25) is 4.79 Å². The van der Waals surface area contributed by atoms with Crippen molar-refractivity contribution < 1.29 is 18.8 Å². The van der Waals surface area contributed by atoms with Gasteiger partial charge in [0.25, 0.3) is 5.91 Å². The summed E-state index contributed by atoms with van der Waals surface area (Å²) in [7, 11) is 0. The first-order chi connectivity index (χ1) is 9.22. The van der Waals surface area contributed by atoms with Crippen LogP contribution < -0.4 is 5.32 Å². The number of hydrogen-bond donors (Lipinski definition) is 1. The maximum atomic E-state index is 12.0. The number of aryl methyl sites for hydroxylation is 1. The molecule has 0 bridgehead atoms. The monoisotopic (exact) mass is 266 g/mol. The second kappa shape index (κ2) is 5.30. The predicted molar refractivity (Wildman–Crippen MR) is 65.8 cm³/mol. The van der Waals surface area contributed by atoms with Crippen LogP contribution in [-0.2, 0) is 9.47 Å². The van der Waals surface area contributed by atoms with Gasteiger partial charge in [-0.05, 0) is 26.2 Å². The summed E-state index contributed by atoms with van der Waals surface area (Å²) in [4.78, 5) is 12.0. The third kappa shape index (κ3) is 2.79. The highest BCUT2D eigenvalue weighted by Gasteiger charge is 2.34. The van der Waals surface area contributed by atoms with E-state index < -0.39 is 0 Å². The molecule has 1 N–H and O–H groups in total. The van der Waals surface area contributed by atoms with E-state index in [1.165, 1.54) is 0 Å². The highest BCUT2D eigenvalue weighted by Crippen LogP contribution is 2.26. The summed E-state index contributed by atoms with van der Waals surface area (Å²) >= 11 is 0. The van der Waals surface area contributed by atoms with E-state index in [0.717, 1.165) is 19.3 Å². The Bertz CT molecular complexity index is 459. The van der Waals surface area contributed by atoms with E-state index in [2.05, 4.69) is 10.5 Å². The molecule has 1 aliphatic heterocycles. The average molecular weight is 266 g/mol. The lowest BCUT2D eigenvalue weighted by Crippen LogP contribution is -2.49. The first kappa shape index (κ1) is 12.6. The molecule has 1 aromatic rings. The van der Waals surface area contributed by atoms with Crippen LogP contribution in [0, 0.1) is 6.92 Å². The molecule has 0 unspecified atom stereocenters. The highest BCUT2D eigenvalue weighted by molar-refractivity contribution is 5.92. The molecule has 2 heterocycles. The fourth-order valence-electron chi connectivity index (χ4n) is 2.73. The van der Waals surface area contributed by atoms with Crippen LogP contribution in [-0.4, -0.2) is 42.5 Å². The Balaban J connectivity index is 1.57. The Hall–Kier alpha value is -1.40. The van der Waals surface area contributed by atoms with Gasteiger partial charge in [0, 0.05) is 12.1 Å². The van der Waals surface area contributed by atoms with Crippen LogP contribution in [0.4, 0.5) is 0 Å². The molecule has 6 heteroatoms. The normalized spacial score (nSPS) is 30.7. The van der Waals surface area contributed by atoms with Gasteiger partial charge in [-0.2, -0.15) is 0 Å². The molecule has 0 spiro atoms. The molecule has 3 atom stereocenters. The van der Waals surface area contributed by atoms with Crippen molar-refractivity contribution in [2.75, 3.05) is 13.2 Å². The molecule has 1 aromatic heterocycles. The Morgan fingerprint density at radius 1 is 1.32 bits per heavy atom. The second-order valence-corrected chi connectivity index (χ2v) is 5.12. The number of fused-ring (bicyclic) bond motifs is 1. The number of carbonyl (C=O) groups is 1. The summed E-state index contributed by atoms with van der Waals surface area (Å²) in [5.74, 6) is 0.454. The SMILES string of the molecule is Cc1cc(C(=O)N[C@@H]2CC[C@H]3OCCO[C@H]3C2)no1. The molecule has 1 saturated heterocycles. The molecule has 6 nitrogen and oxygen atoms in total. The molecule has 1 amide bonds. The molecular formula is C13H18N2O4. The number of rotatable bonds is 2. The van der Waals surface area contributed by atoms with Crippen LogP contribution in [0.25, 0.3) is 0 Å². The average Bonchev–Trinajstić information content (AvgIpc) is 2.85. The van der Waals surface area contributed by atoms with Gasteiger partial charge in [-0.25, -0.2) is 0 Å². The first-order valence-corrected chi connectivity index (χ1v) is 6.70. The Morgan fingerprint density at radius 3 is 2.84 bits per heavy atom. The number of hydrogen-bond acceptors (Lipinski definition) is 5. The molecule has 19 heavy (non-hydrogen) atoms. The van der Waals surface area contributed by atoms with Crippen LogP contribution in [0.5, 0.6) is 0 Å². The third-order valence-electron chi connectivity index (χ3n) is 3.67. The van der Waals surface area contributed by atoms with Crippen LogP contribution in [0.15, 0.2) is 10.6 Å². The number of aromatic nitrogens is 1. The Morgan fingerprint density at radius 2 is 2.11 bits per heavy atom. The quantitative estimate of drug-likeness (QED) is 0.866. The minimum Gasteiger partial charge on any atom is -0.373 e. The fraction of sp³-hybridized carbons (Fsp3) is 0.692. The number of amides is 1. The van der Waals surface area contributed by atoms with Gasteiger partial charge >= 0.3 is 0 Å². The van der Waals surface area contributed by atoms with Gasteiger partial charge in [0.1, 0.15) is 5.76 Å². The lowest BCUT2D eigenvalue weighted by molar-refractivity contribution is -0.157. The molecule has 0 aromatic carbocycles. The van der Waals surface area contributed by atoms with Crippen molar-refractivity contribution in [3.05, 3.63) is 17.5 Å². The minimum absolute atomic E-state index is 0.104. The summed E-state index contributed by atoms with van der Waals surface area (Å²) in [5.41, 5.74) is 0.334. The van der Waals surface area contributed by atoms with Crippen LogP contribution in [0.2, 0.25) is 0 Å². The van der Waals surface area contributed by atoms with E-state index in [1.807, 2.05) is 0 Å². The maximum absolute atomic E-state index is 12.0. The van der Waals surface area contributed by atoms with E-state index in [9.17, 15) is 4.79 Å². The van der Waals surface area contributed by atoms with Crippen molar-refractivity contribution in [3.63, 3.8) is 0 Å². The Labute approximate surface area is 111 Å². The number of ether oxygens (including phenoxy) is 2. The maximum Gasteiger partial charge on any atom is 0.273 e. The zero-order valence-corrected chi connectivity index (χ0v) is 10.9. The summed E-state index contributed by atoms with van der Waals surface area (Å²) in [6.07, 6.45) is 2.93. The predicted octanol–water partition coefficient (Wildman–Crippen LogP) is 1.05. The van der Waals surface area contributed by atoms with Gasteiger partial charge in [-0.1, -0.05) is 5.16 Å². The zero-order valence-electron chi connectivity index (χ0n) is 10.9. The van der Waals surface area contributed by atoms with Gasteiger partial charge < -0.3 is 19.3 Å². The molecular weight excluding hydrogens is 248 g/mol. The molecule has 1 aliphatic carbocycles. The smallest absolute Gasteiger partial charge is 0.273 e. The molecule has 3 rings (SSSR count). The topological polar surface area (TPSA) is 73.6 Å². The van der Waals surface area contributed by atoms with E-state index in [-0.39, 0.29) is 24.2 Å². The molecule has 2 fully saturated rings. The van der Waals surface area contributed by atoms with E-state index in [0.29, 0.717) is 24.7 Å². The van der Waals surface area contributed by atoms with Crippen molar-refractivity contribution in [1.82, 2.24) is 10.5 Å². The van der Waals surface area contributed by atoms with Crippen molar-refractivity contribution in [2.45, 2.75) is 44.4 Å². The lowest BCUT2D eigenvalue weighted by atomic mass is 9.89. The number of nitrogens with zero attached hydrogens (tertiary/aromatic N) is 1. The molecule has 0 radical (unpaired) electrons. The van der Waals surface area contributed by atoms with E-state index >= 15 is 0 Å². The standard InChI is InChI=1S/C13H18N2O4/c1-8-6-10(15-19-8)13(16)14-9-2-3-11-12(7-9)18-5-4-17-11/h6,9,11-12H,2-5,7H2,1H3,(H,14,16)/t9-,11-,12+/m1/s1. The van der Waals surface area contributed by atoms with E-state index in [1.54, 1.807) is 13.0 Å². The zero-order chi connectivity index (χ0) is 13.2. The van der Waals surface area contributed by atoms with Gasteiger partial charge in [0.05, 0.1) is 25.4 Å². The third-order valence-corrected chi connectivity index (χ3v) is 3.67. The van der Waals surface area contributed by atoms with Gasteiger partial charge in [0.2, 0.25) is 0 Å². The molecule has 104 valence electrons. The largest absolute Gasteiger partial charge is 0.373 e. The molecule has 1 saturated carbocycles. The number of carbonyl (C=O) groups excluding carboxylic acids is 1. The second-order valence-electron chi connectivity index (χ2n) is 5.12. The fourth-order valence-corrected chi connectivity index (χ4v) is 2.73. The van der Waals surface area contributed by atoms with Gasteiger partial charge in [-0.15, -0.1) is 0 Å². The minimum atomic E-state index is -0.183. The van der Waals surface area contributed by atoms with Crippen molar-refractivity contribution in [3.8, 4) is 0 Å². The Kier molecular flexibility index (Phi) is 3.52. The van der Waals surface area contributed by atoms with Crippen LogP contribution in [0.1, 0.15) is 35.5 Å². The summed E-state index contributed by atoms with van der Waals surface area (Å²) in [6, 6.07) is 1.76. The van der Waals surface area contributed by atoms with E-state index in [4.69, 9.17) is 14.0 Å². The first-order valence-electron chi connectivity index (χ1n) is 6.70. The van der Waals surface area contributed by atoms with Crippen molar-refractivity contribution in [2.24, 2.45) is 0 Å².